The van der Waals surface area contributed by atoms with E-state index in [0.29, 0.717) is 12.0 Å². The van der Waals surface area contributed by atoms with E-state index in [-0.39, 0.29) is 18.1 Å². The molecule has 172 valence electrons. The van der Waals surface area contributed by atoms with Gasteiger partial charge in [-0.25, -0.2) is 4.79 Å². The van der Waals surface area contributed by atoms with Crippen LogP contribution >= 0.6 is 0 Å². The molecule has 1 saturated heterocycles. The maximum atomic E-state index is 12.2. The topological polar surface area (TPSA) is 146 Å². The van der Waals surface area contributed by atoms with Gasteiger partial charge in [0, 0.05) is 6.08 Å². The number of esters is 1. The van der Waals surface area contributed by atoms with Crippen molar-refractivity contribution in [1.29, 1.82) is 0 Å². The van der Waals surface area contributed by atoms with Crippen LogP contribution in [0.25, 0.3) is 6.08 Å². The third-order valence-corrected chi connectivity index (χ3v) is 4.99. The van der Waals surface area contributed by atoms with Crippen molar-refractivity contribution < 1.29 is 44.5 Å². The number of hydrogen-bond donors (Lipinski definition) is 5. The SMILES string of the molecule is O=C(C=Cc1ccc(O)cc1)OC1C(CO)OC(OCCc2ccc(O)cc2)C(O)C1O. The van der Waals surface area contributed by atoms with Crippen LogP contribution in [0.5, 0.6) is 11.5 Å². The van der Waals surface area contributed by atoms with Gasteiger partial charge < -0.3 is 39.7 Å². The first-order valence-electron chi connectivity index (χ1n) is 10.1. The number of aliphatic hydroxyl groups is 3. The molecule has 0 aromatic heterocycles. The standard InChI is InChI=1S/C23H26O9/c24-13-18-22(32-19(27)10-5-14-1-6-16(25)7-2-14)20(28)21(29)23(31-18)30-12-11-15-3-8-17(26)9-4-15/h1-10,18,20-26,28-29H,11-13H2. The second-order valence-electron chi connectivity index (χ2n) is 7.32. The molecule has 1 aliphatic rings. The van der Waals surface area contributed by atoms with Gasteiger partial charge in [0.25, 0.3) is 0 Å². The minimum atomic E-state index is -1.54. The lowest BCUT2D eigenvalue weighted by atomic mass is 9.99. The van der Waals surface area contributed by atoms with Crippen LogP contribution in [-0.2, 0) is 25.4 Å². The van der Waals surface area contributed by atoms with Gasteiger partial charge in [-0.2, -0.15) is 0 Å². The lowest BCUT2D eigenvalue weighted by Crippen LogP contribution is -2.60. The first-order valence-corrected chi connectivity index (χ1v) is 10.1. The van der Waals surface area contributed by atoms with Crippen molar-refractivity contribution in [3.63, 3.8) is 0 Å². The zero-order chi connectivity index (χ0) is 23.1. The first kappa shape index (κ1) is 23.7. The highest BCUT2D eigenvalue weighted by Crippen LogP contribution is 2.25. The molecule has 9 heteroatoms. The number of carbonyl (C=O) groups excluding carboxylic acids is 1. The second-order valence-corrected chi connectivity index (χ2v) is 7.32. The Morgan fingerprint density at radius 2 is 1.59 bits per heavy atom. The Kier molecular flexibility index (Phi) is 8.20. The van der Waals surface area contributed by atoms with E-state index in [1.807, 2.05) is 0 Å². The quantitative estimate of drug-likeness (QED) is 0.292. The predicted octanol–water partition coefficient (Wildman–Crippen LogP) is 0.721. The molecule has 9 nitrogen and oxygen atoms in total. The lowest BCUT2D eigenvalue weighted by Gasteiger charge is -2.41. The van der Waals surface area contributed by atoms with E-state index in [0.717, 1.165) is 11.6 Å². The predicted molar refractivity (Wildman–Crippen MR) is 113 cm³/mol. The number of phenols is 2. The highest BCUT2D eigenvalue weighted by Gasteiger charge is 2.46. The summed E-state index contributed by atoms with van der Waals surface area (Å²) < 4.78 is 16.2. The molecule has 1 fully saturated rings. The average molecular weight is 446 g/mol. The Balaban J connectivity index is 1.54. The number of carbonyl (C=O) groups is 1. The van der Waals surface area contributed by atoms with Crippen molar-refractivity contribution in [2.75, 3.05) is 13.2 Å². The maximum Gasteiger partial charge on any atom is 0.331 e. The molecule has 0 amide bonds. The summed E-state index contributed by atoms with van der Waals surface area (Å²) in [6.45, 7) is -0.418. The van der Waals surface area contributed by atoms with Gasteiger partial charge in [0.15, 0.2) is 12.4 Å². The van der Waals surface area contributed by atoms with E-state index < -0.39 is 43.3 Å². The van der Waals surface area contributed by atoms with Gasteiger partial charge >= 0.3 is 5.97 Å². The number of aromatic hydroxyl groups is 2. The van der Waals surface area contributed by atoms with E-state index >= 15 is 0 Å². The first-order chi connectivity index (χ1) is 15.4. The van der Waals surface area contributed by atoms with Crippen molar-refractivity contribution in [2.45, 2.75) is 37.1 Å². The fourth-order valence-corrected chi connectivity index (χ4v) is 3.21. The smallest absolute Gasteiger partial charge is 0.331 e. The minimum absolute atomic E-state index is 0.0896. The van der Waals surface area contributed by atoms with Crippen molar-refractivity contribution in [3.8, 4) is 11.5 Å². The van der Waals surface area contributed by atoms with Gasteiger partial charge in [-0.15, -0.1) is 0 Å². The fourth-order valence-electron chi connectivity index (χ4n) is 3.21. The van der Waals surface area contributed by atoms with E-state index in [1.54, 1.807) is 36.4 Å². The number of ether oxygens (including phenoxy) is 3. The van der Waals surface area contributed by atoms with E-state index in [9.17, 15) is 30.3 Å². The Morgan fingerprint density at radius 3 is 2.22 bits per heavy atom. The molecule has 0 aliphatic carbocycles. The molecule has 0 radical (unpaired) electrons. The maximum absolute atomic E-state index is 12.2. The van der Waals surface area contributed by atoms with Gasteiger partial charge in [0.1, 0.15) is 29.8 Å². The molecule has 5 unspecified atom stereocenters. The molecule has 1 heterocycles. The summed E-state index contributed by atoms with van der Waals surface area (Å²) >= 11 is 0. The van der Waals surface area contributed by atoms with Crippen LogP contribution in [0.1, 0.15) is 11.1 Å². The molecule has 1 aliphatic heterocycles. The Bertz CT molecular complexity index is 893. The van der Waals surface area contributed by atoms with Crippen molar-refractivity contribution in [3.05, 3.63) is 65.7 Å². The summed E-state index contributed by atoms with van der Waals surface area (Å²) in [5.74, 6) is -0.567. The van der Waals surface area contributed by atoms with Crippen LogP contribution in [-0.4, -0.2) is 75.4 Å². The van der Waals surface area contributed by atoms with Crippen molar-refractivity contribution in [2.24, 2.45) is 0 Å². The van der Waals surface area contributed by atoms with Crippen LogP contribution < -0.4 is 0 Å². The Morgan fingerprint density at radius 1 is 0.969 bits per heavy atom. The molecule has 5 N–H and O–H groups in total. The lowest BCUT2D eigenvalue weighted by molar-refractivity contribution is -0.302. The summed E-state index contributed by atoms with van der Waals surface area (Å²) in [5, 5.41) is 49.0. The number of hydrogen-bond acceptors (Lipinski definition) is 9. The van der Waals surface area contributed by atoms with Crippen LogP contribution in [0.2, 0.25) is 0 Å². The summed E-state index contributed by atoms with van der Waals surface area (Å²) in [4.78, 5) is 12.2. The third-order valence-electron chi connectivity index (χ3n) is 4.99. The molecule has 0 saturated carbocycles. The number of aliphatic hydroxyl groups excluding tert-OH is 3. The summed E-state index contributed by atoms with van der Waals surface area (Å²) in [6.07, 6.45) is -3.61. The van der Waals surface area contributed by atoms with E-state index in [2.05, 4.69) is 0 Å². The zero-order valence-electron chi connectivity index (χ0n) is 17.2. The summed E-state index contributed by atoms with van der Waals surface area (Å²) in [6, 6.07) is 12.7. The average Bonchev–Trinajstić information content (AvgIpc) is 2.79. The van der Waals surface area contributed by atoms with Crippen LogP contribution in [0.15, 0.2) is 54.6 Å². The molecular formula is C23H26O9. The van der Waals surface area contributed by atoms with Gasteiger partial charge in [0.2, 0.25) is 0 Å². The summed E-state index contributed by atoms with van der Waals surface area (Å²) in [7, 11) is 0. The minimum Gasteiger partial charge on any atom is -0.508 e. The normalized spacial score (nSPS) is 25.7. The largest absolute Gasteiger partial charge is 0.508 e. The second kappa shape index (κ2) is 11.1. The Labute approximate surface area is 184 Å². The van der Waals surface area contributed by atoms with Gasteiger partial charge in [-0.3, -0.25) is 0 Å². The van der Waals surface area contributed by atoms with Crippen LogP contribution in [0.4, 0.5) is 0 Å². The monoisotopic (exact) mass is 446 g/mol. The third kappa shape index (κ3) is 6.28. The molecule has 2 aromatic carbocycles. The van der Waals surface area contributed by atoms with Crippen LogP contribution in [0, 0.1) is 0 Å². The van der Waals surface area contributed by atoms with Crippen molar-refractivity contribution in [1.82, 2.24) is 0 Å². The number of phenolic OH excluding ortho intramolecular Hbond substituents is 2. The Hall–Kier alpha value is -2.95. The molecule has 0 spiro atoms. The molecule has 32 heavy (non-hydrogen) atoms. The van der Waals surface area contributed by atoms with Crippen molar-refractivity contribution >= 4 is 12.0 Å². The van der Waals surface area contributed by atoms with Gasteiger partial charge in [-0.05, 0) is 47.9 Å². The van der Waals surface area contributed by atoms with E-state index in [1.165, 1.54) is 18.2 Å². The molecule has 5 atom stereocenters. The molecular weight excluding hydrogens is 420 g/mol. The fraction of sp³-hybridized carbons (Fsp3) is 0.348. The summed E-state index contributed by atoms with van der Waals surface area (Å²) in [5.41, 5.74) is 1.53. The molecule has 3 rings (SSSR count). The van der Waals surface area contributed by atoms with Gasteiger partial charge in [-0.1, -0.05) is 24.3 Å². The molecule has 2 aromatic rings. The highest BCUT2D eigenvalue weighted by molar-refractivity contribution is 5.87. The van der Waals surface area contributed by atoms with Gasteiger partial charge in [0.05, 0.1) is 13.2 Å². The van der Waals surface area contributed by atoms with Crippen LogP contribution in [0.3, 0.4) is 0 Å². The van der Waals surface area contributed by atoms with E-state index in [4.69, 9.17) is 14.2 Å². The highest BCUT2D eigenvalue weighted by atomic mass is 16.7. The number of benzene rings is 2. The number of rotatable bonds is 8. The zero-order valence-corrected chi connectivity index (χ0v) is 17.2. The molecule has 0 bridgehead atoms.